The maximum absolute atomic E-state index is 13.3. The predicted octanol–water partition coefficient (Wildman–Crippen LogP) is 3.00. The van der Waals surface area contributed by atoms with Crippen LogP contribution in [0.25, 0.3) is 0 Å². The lowest BCUT2D eigenvalue weighted by Crippen LogP contribution is -2.02. The summed E-state index contributed by atoms with van der Waals surface area (Å²) in [4.78, 5) is 0. The van der Waals surface area contributed by atoms with Crippen molar-refractivity contribution in [3.05, 3.63) is 59.3 Å². The third-order valence-electron chi connectivity index (χ3n) is 2.59. The molecular weight excluding hydrogens is 207 g/mol. The van der Waals surface area contributed by atoms with E-state index >= 15 is 0 Å². The van der Waals surface area contributed by atoms with Crippen LogP contribution in [0, 0.1) is 12.7 Å². The first-order valence-electron chi connectivity index (χ1n) is 5.12. The molecule has 0 saturated carbocycles. The summed E-state index contributed by atoms with van der Waals surface area (Å²) in [6.45, 7) is 1.70. The van der Waals surface area contributed by atoms with E-state index in [9.17, 15) is 9.50 Å². The molecule has 1 unspecified atom stereocenters. The van der Waals surface area contributed by atoms with Crippen LogP contribution < -0.4 is 0 Å². The lowest BCUT2D eigenvalue weighted by Gasteiger charge is -2.10. The predicted molar refractivity (Wildman–Crippen MR) is 58.5 cm³/mol. The van der Waals surface area contributed by atoms with Crippen LogP contribution in [0.1, 0.15) is 22.8 Å². The van der Waals surface area contributed by atoms with Crippen molar-refractivity contribution in [2.24, 2.45) is 0 Å². The maximum Gasteiger partial charge on any atom is 0.126 e. The Morgan fingerprint density at radius 3 is 2.81 bits per heavy atom. The van der Waals surface area contributed by atoms with Crippen LogP contribution in [0.5, 0.6) is 0 Å². The first kappa shape index (κ1) is 10.9. The summed E-state index contributed by atoms with van der Waals surface area (Å²) >= 11 is 0. The normalized spacial score (nSPS) is 12.7. The molecule has 0 amide bonds. The van der Waals surface area contributed by atoms with Crippen LogP contribution in [-0.2, 0) is 6.42 Å². The quantitative estimate of drug-likeness (QED) is 0.862. The standard InChI is InChI=1S/C13H13FO2/c1-9-2-3-11(7-12(9)14)13(15)6-10-4-5-16-8-10/h2-5,7-8,13,15H,6H2,1H3. The van der Waals surface area contributed by atoms with Crippen molar-refractivity contribution in [3.8, 4) is 0 Å². The fourth-order valence-corrected chi connectivity index (χ4v) is 1.57. The van der Waals surface area contributed by atoms with E-state index in [2.05, 4.69) is 0 Å². The molecule has 1 aromatic heterocycles. The molecule has 16 heavy (non-hydrogen) atoms. The van der Waals surface area contributed by atoms with Crippen LogP contribution in [0.3, 0.4) is 0 Å². The molecule has 1 N–H and O–H groups in total. The van der Waals surface area contributed by atoms with Gasteiger partial charge in [-0.15, -0.1) is 0 Å². The molecular formula is C13H13FO2. The third-order valence-corrected chi connectivity index (χ3v) is 2.59. The van der Waals surface area contributed by atoms with Gasteiger partial charge in [0, 0.05) is 6.42 Å². The number of hydrogen-bond donors (Lipinski definition) is 1. The number of aliphatic hydroxyl groups is 1. The van der Waals surface area contributed by atoms with Gasteiger partial charge in [0.2, 0.25) is 0 Å². The molecule has 1 heterocycles. The number of rotatable bonds is 3. The van der Waals surface area contributed by atoms with Crippen LogP contribution in [0.15, 0.2) is 41.2 Å². The number of aliphatic hydroxyl groups excluding tert-OH is 1. The van der Waals surface area contributed by atoms with Gasteiger partial charge in [0.05, 0.1) is 18.6 Å². The third kappa shape index (κ3) is 2.31. The zero-order valence-corrected chi connectivity index (χ0v) is 8.98. The number of hydrogen-bond acceptors (Lipinski definition) is 2. The van der Waals surface area contributed by atoms with Gasteiger partial charge in [-0.2, -0.15) is 0 Å². The summed E-state index contributed by atoms with van der Waals surface area (Å²) in [6, 6.07) is 6.57. The Balaban J connectivity index is 2.14. The van der Waals surface area contributed by atoms with Crippen molar-refractivity contribution in [1.29, 1.82) is 0 Å². The molecule has 0 radical (unpaired) electrons. The highest BCUT2D eigenvalue weighted by Gasteiger charge is 2.10. The number of aryl methyl sites for hydroxylation is 1. The fraction of sp³-hybridized carbons (Fsp3) is 0.231. The highest BCUT2D eigenvalue weighted by atomic mass is 19.1. The first-order valence-corrected chi connectivity index (χ1v) is 5.12. The van der Waals surface area contributed by atoms with Crippen LogP contribution >= 0.6 is 0 Å². The van der Waals surface area contributed by atoms with E-state index in [0.29, 0.717) is 17.5 Å². The van der Waals surface area contributed by atoms with Gasteiger partial charge in [0.1, 0.15) is 5.82 Å². The molecule has 0 bridgehead atoms. The maximum atomic E-state index is 13.3. The van der Waals surface area contributed by atoms with Gasteiger partial charge < -0.3 is 9.52 Å². The van der Waals surface area contributed by atoms with Gasteiger partial charge in [0.25, 0.3) is 0 Å². The second-order valence-electron chi connectivity index (χ2n) is 3.86. The number of halogens is 1. The zero-order valence-electron chi connectivity index (χ0n) is 8.98. The van der Waals surface area contributed by atoms with Crippen molar-refractivity contribution in [1.82, 2.24) is 0 Å². The van der Waals surface area contributed by atoms with E-state index in [1.54, 1.807) is 37.6 Å². The Morgan fingerprint density at radius 2 is 2.19 bits per heavy atom. The second kappa shape index (κ2) is 4.49. The molecule has 2 rings (SSSR count). The molecule has 0 aliphatic heterocycles. The highest BCUT2D eigenvalue weighted by molar-refractivity contribution is 5.26. The molecule has 0 saturated heterocycles. The van der Waals surface area contributed by atoms with Gasteiger partial charge in [-0.05, 0) is 35.7 Å². The first-order chi connectivity index (χ1) is 7.66. The average molecular weight is 220 g/mol. The van der Waals surface area contributed by atoms with E-state index < -0.39 is 6.10 Å². The summed E-state index contributed by atoms with van der Waals surface area (Å²) in [5.74, 6) is -0.288. The lowest BCUT2D eigenvalue weighted by molar-refractivity contribution is 0.177. The van der Waals surface area contributed by atoms with Crippen molar-refractivity contribution in [3.63, 3.8) is 0 Å². The smallest absolute Gasteiger partial charge is 0.126 e. The second-order valence-corrected chi connectivity index (χ2v) is 3.86. The van der Waals surface area contributed by atoms with Gasteiger partial charge in [-0.25, -0.2) is 4.39 Å². The Bertz CT molecular complexity index is 463. The number of benzene rings is 1. The molecule has 0 fully saturated rings. The number of furan rings is 1. The van der Waals surface area contributed by atoms with Crippen molar-refractivity contribution in [2.45, 2.75) is 19.4 Å². The van der Waals surface area contributed by atoms with Gasteiger partial charge in [-0.3, -0.25) is 0 Å². The largest absolute Gasteiger partial charge is 0.472 e. The minimum atomic E-state index is -0.701. The van der Waals surface area contributed by atoms with E-state index in [1.807, 2.05) is 0 Å². The highest BCUT2D eigenvalue weighted by Crippen LogP contribution is 2.20. The average Bonchev–Trinajstić information content (AvgIpc) is 2.74. The van der Waals surface area contributed by atoms with E-state index in [0.717, 1.165) is 5.56 Å². The molecule has 1 aromatic carbocycles. The molecule has 3 heteroatoms. The molecule has 0 aliphatic carbocycles. The van der Waals surface area contributed by atoms with Crippen LogP contribution in [0.2, 0.25) is 0 Å². The van der Waals surface area contributed by atoms with E-state index in [1.165, 1.54) is 6.07 Å². The van der Waals surface area contributed by atoms with Gasteiger partial charge in [0.15, 0.2) is 0 Å². The zero-order chi connectivity index (χ0) is 11.5. The Hall–Kier alpha value is -1.61. The summed E-state index contributed by atoms with van der Waals surface area (Å²) in [6.07, 6.45) is 2.86. The summed E-state index contributed by atoms with van der Waals surface area (Å²) < 4.78 is 18.2. The van der Waals surface area contributed by atoms with Crippen molar-refractivity contribution >= 4 is 0 Å². The molecule has 0 spiro atoms. The minimum Gasteiger partial charge on any atom is -0.472 e. The minimum absolute atomic E-state index is 0.288. The Labute approximate surface area is 93.3 Å². The lowest BCUT2D eigenvalue weighted by atomic mass is 10.0. The molecule has 2 nitrogen and oxygen atoms in total. The molecule has 0 aliphatic rings. The molecule has 84 valence electrons. The topological polar surface area (TPSA) is 33.4 Å². The van der Waals surface area contributed by atoms with Crippen LogP contribution in [0.4, 0.5) is 4.39 Å². The van der Waals surface area contributed by atoms with E-state index in [-0.39, 0.29) is 5.82 Å². The van der Waals surface area contributed by atoms with Gasteiger partial charge >= 0.3 is 0 Å². The summed E-state index contributed by atoms with van der Waals surface area (Å²) in [7, 11) is 0. The van der Waals surface area contributed by atoms with Crippen molar-refractivity contribution < 1.29 is 13.9 Å². The Kier molecular flexibility index (Phi) is 3.06. The summed E-state index contributed by atoms with van der Waals surface area (Å²) in [5.41, 5.74) is 2.07. The monoisotopic (exact) mass is 220 g/mol. The summed E-state index contributed by atoms with van der Waals surface area (Å²) in [5, 5.41) is 9.90. The van der Waals surface area contributed by atoms with Crippen LogP contribution in [-0.4, -0.2) is 5.11 Å². The molecule has 1 atom stereocenters. The van der Waals surface area contributed by atoms with Gasteiger partial charge in [-0.1, -0.05) is 12.1 Å². The van der Waals surface area contributed by atoms with Crippen molar-refractivity contribution in [2.75, 3.05) is 0 Å². The Morgan fingerprint density at radius 1 is 1.38 bits per heavy atom. The SMILES string of the molecule is Cc1ccc(C(O)Cc2ccoc2)cc1F. The fourth-order valence-electron chi connectivity index (χ4n) is 1.57. The van der Waals surface area contributed by atoms with E-state index in [4.69, 9.17) is 4.42 Å². The molecule has 2 aromatic rings.